The van der Waals surface area contributed by atoms with Crippen LogP contribution in [0.2, 0.25) is 0 Å². The molecule has 8 heteroatoms. The second kappa shape index (κ2) is 7.01. The second-order valence-electron chi connectivity index (χ2n) is 6.49. The number of amides is 1. The van der Waals surface area contributed by atoms with E-state index in [0.29, 0.717) is 6.54 Å². The number of aliphatic imine (C=N–C) groups is 1. The van der Waals surface area contributed by atoms with Crippen LogP contribution in [0.15, 0.2) is 4.99 Å². The van der Waals surface area contributed by atoms with Gasteiger partial charge in [0.15, 0.2) is 6.23 Å². The van der Waals surface area contributed by atoms with Crippen LogP contribution in [0.3, 0.4) is 0 Å². The highest BCUT2D eigenvalue weighted by molar-refractivity contribution is 5.92. The molecular formula is C14H26N3O5+. The minimum Gasteiger partial charge on any atom is -0.394 e. The highest BCUT2D eigenvalue weighted by atomic mass is 16.6. The highest BCUT2D eigenvalue weighted by Gasteiger charge is 2.42. The maximum absolute atomic E-state index is 11.6. The van der Waals surface area contributed by atoms with Gasteiger partial charge in [-0.2, -0.15) is 0 Å². The summed E-state index contributed by atoms with van der Waals surface area (Å²) in [6.45, 7) is 2.17. The molecule has 126 valence electrons. The summed E-state index contributed by atoms with van der Waals surface area (Å²) in [5.74, 6) is -1.02. The SMILES string of the molecule is C[N+]1(CC(C=NC2OC(CO)C(O)C2O)C(N)=O)CCCC1. The molecule has 0 aromatic heterocycles. The number of likely N-dealkylation sites (tertiary alicyclic amines) is 1. The molecule has 2 heterocycles. The third-order valence-corrected chi connectivity index (χ3v) is 4.58. The molecule has 0 saturated carbocycles. The van der Waals surface area contributed by atoms with Gasteiger partial charge in [0.2, 0.25) is 5.91 Å². The zero-order chi connectivity index (χ0) is 16.3. The van der Waals surface area contributed by atoms with Crippen molar-refractivity contribution in [2.75, 3.05) is 33.3 Å². The van der Waals surface area contributed by atoms with Gasteiger partial charge in [0.25, 0.3) is 0 Å². The topological polar surface area (TPSA) is 125 Å². The van der Waals surface area contributed by atoms with Crippen molar-refractivity contribution in [3.05, 3.63) is 0 Å². The average Bonchev–Trinajstić information content (AvgIpc) is 3.01. The Hall–Kier alpha value is -1.06. The number of hydrogen-bond acceptors (Lipinski definition) is 6. The molecule has 2 rings (SSSR count). The summed E-state index contributed by atoms with van der Waals surface area (Å²) in [6, 6.07) is 0. The van der Waals surface area contributed by atoms with Crippen molar-refractivity contribution >= 4 is 12.1 Å². The normalized spacial score (nSPS) is 36.0. The Labute approximate surface area is 129 Å². The lowest BCUT2D eigenvalue weighted by Gasteiger charge is -2.31. The number of primary amides is 1. The molecule has 0 aromatic rings. The van der Waals surface area contributed by atoms with E-state index >= 15 is 0 Å². The van der Waals surface area contributed by atoms with Crippen LogP contribution in [-0.2, 0) is 9.53 Å². The maximum Gasteiger partial charge on any atom is 0.231 e. The number of hydrogen-bond donors (Lipinski definition) is 4. The van der Waals surface area contributed by atoms with Crippen LogP contribution in [0.25, 0.3) is 0 Å². The monoisotopic (exact) mass is 316 g/mol. The van der Waals surface area contributed by atoms with E-state index in [1.807, 2.05) is 0 Å². The third kappa shape index (κ3) is 3.82. The van der Waals surface area contributed by atoms with E-state index in [1.165, 1.54) is 6.21 Å². The summed E-state index contributed by atoms with van der Waals surface area (Å²) in [5, 5.41) is 28.5. The number of nitrogens with zero attached hydrogens (tertiary/aromatic N) is 2. The lowest BCUT2D eigenvalue weighted by Crippen LogP contribution is -2.48. The minimum atomic E-state index is -1.22. The summed E-state index contributed by atoms with van der Waals surface area (Å²) in [7, 11) is 2.09. The van der Waals surface area contributed by atoms with Crippen molar-refractivity contribution in [3.63, 3.8) is 0 Å². The Bertz CT molecular complexity index is 425. The number of quaternary nitrogens is 1. The van der Waals surface area contributed by atoms with Gasteiger partial charge in [-0.05, 0) is 0 Å². The lowest BCUT2D eigenvalue weighted by atomic mass is 10.1. The highest BCUT2D eigenvalue weighted by Crippen LogP contribution is 2.22. The number of aliphatic hydroxyl groups excluding tert-OH is 3. The van der Waals surface area contributed by atoms with Crippen molar-refractivity contribution in [1.82, 2.24) is 0 Å². The molecule has 22 heavy (non-hydrogen) atoms. The fourth-order valence-electron chi connectivity index (χ4n) is 3.16. The van der Waals surface area contributed by atoms with E-state index < -0.39 is 43.0 Å². The molecular weight excluding hydrogens is 290 g/mol. The molecule has 5 atom stereocenters. The molecule has 2 aliphatic heterocycles. The summed E-state index contributed by atoms with van der Waals surface area (Å²) in [6.07, 6.45) is -0.599. The predicted molar refractivity (Wildman–Crippen MR) is 79.0 cm³/mol. The second-order valence-corrected chi connectivity index (χ2v) is 6.49. The fraction of sp³-hybridized carbons (Fsp3) is 0.857. The molecule has 5 N–H and O–H groups in total. The number of carbonyl (C=O) groups excluding carboxylic acids is 1. The van der Waals surface area contributed by atoms with Gasteiger partial charge in [0.05, 0.1) is 33.3 Å². The van der Waals surface area contributed by atoms with Crippen molar-refractivity contribution < 1.29 is 29.3 Å². The molecule has 0 spiro atoms. The zero-order valence-electron chi connectivity index (χ0n) is 12.8. The molecule has 0 aliphatic carbocycles. The summed E-state index contributed by atoms with van der Waals surface area (Å²) in [4.78, 5) is 15.7. The van der Waals surface area contributed by atoms with E-state index in [9.17, 15) is 15.0 Å². The first-order valence-electron chi connectivity index (χ1n) is 7.65. The Morgan fingerprint density at radius 3 is 2.55 bits per heavy atom. The smallest absolute Gasteiger partial charge is 0.231 e. The molecule has 5 unspecified atom stereocenters. The van der Waals surface area contributed by atoms with Gasteiger partial charge in [-0.1, -0.05) is 0 Å². The maximum atomic E-state index is 11.6. The van der Waals surface area contributed by atoms with Gasteiger partial charge in [0.1, 0.15) is 24.2 Å². The lowest BCUT2D eigenvalue weighted by molar-refractivity contribution is -0.898. The van der Waals surface area contributed by atoms with E-state index in [0.717, 1.165) is 30.4 Å². The molecule has 0 radical (unpaired) electrons. The van der Waals surface area contributed by atoms with Crippen molar-refractivity contribution in [2.24, 2.45) is 16.6 Å². The largest absolute Gasteiger partial charge is 0.394 e. The van der Waals surface area contributed by atoms with Crippen molar-refractivity contribution in [2.45, 2.75) is 37.4 Å². The van der Waals surface area contributed by atoms with E-state index in [1.54, 1.807) is 0 Å². The van der Waals surface area contributed by atoms with Gasteiger partial charge < -0.3 is 30.3 Å². The van der Waals surface area contributed by atoms with Crippen molar-refractivity contribution in [1.29, 1.82) is 0 Å². The molecule has 1 amide bonds. The number of carbonyl (C=O) groups is 1. The number of nitrogens with two attached hydrogens (primary N) is 1. The van der Waals surface area contributed by atoms with Gasteiger partial charge in [0, 0.05) is 19.1 Å². The first-order chi connectivity index (χ1) is 10.4. The Morgan fingerprint density at radius 2 is 2.05 bits per heavy atom. The predicted octanol–water partition coefficient (Wildman–Crippen LogP) is -2.16. The molecule has 2 saturated heterocycles. The number of aliphatic hydroxyl groups is 3. The van der Waals surface area contributed by atoms with E-state index in [4.69, 9.17) is 15.6 Å². The summed E-state index contributed by atoms with van der Waals surface area (Å²) in [5.41, 5.74) is 5.44. The van der Waals surface area contributed by atoms with Crippen molar-refractivity contribution in [3.8, 4) is 0 Å². The molecule has 0 aromatic carbocycles. The Kier molecular flexibility index (Phi) is 5.51. The summed E-state index contributed by atoms with van der Waals surface area (Å²) < 4.78 is 6.03. The van der Waals surface area contributed by atoms with Crippen LogP contribution in [0, 0.1) is 5.92 Å². The Balaban J connectivity index is 2.00. The van der Waals surface area contributed by atoms with Gasteiger partial charge in [-0.3, -0.25) is 9.79 Å². The quantitative estimate of drug-likeness (QED) is 0.328. The molecule has 0 bridgehead atoms. The van der Waals surface area contributed by atoms with E-state index in [2.05, 4.69) is 12.0 Å². The van der Waals surface area contributed by atoms with Crippen LogP contribution in [0.1, 0.15) is 12.8 Å². The van der Waals surface area contributed by atoms with Gasteiger partial charge >= 0.3 is 0 Å². The molecule has 2 aliphatic rings. The minimum absolute atomic E-state index is 0.404. The average molecular weight is 316 g/mol. The fourth-order valence-corrected chi connectivity index (χ4v) is 3.16. The summed E-state index contributed by atoms with van der Waals surface area (Å²) >= 11 is 0. The Morgan fingerprint density at radius 1 is 1.41 bits per heavy atom. The van der Waals surface area contributed by atoms with Crippen LogP contribution < -0.4 is 5.73 Å². The van der Waals surface area contributed by atoms with E-state index in [-0.39, 0.29) is 0 Å². The first kappa shape index (κ1) is 17.3. The molecule has 2 fully saturated rings. The van der Waals surface area contributed by atoms with Crippen LogP contribution in [0.4, 0.5) is 0 Å². The third-order valence-electron chi connectivity index (χ3n) is 4.58. The molecule has 8 nitrogen and oxygen atoms in total. The number of ether oxygens (including phenoxy) is 1. The zero-order valence-corrected chi connectivity index (χ0v) is 12.8. The van der Waals surface area contributed by atoms with Gasteiger partial charge in [-0.25, -0.2) is 0 Å². The first-order valence-corrected chi connectivity index (χ1v) is 7.65. The van der Waals surface area contributed by atoms with Gasteiger partial charge in [-0.15, -0.1) is 0 Å². The standard InChI is InChI=1S/C14H25N3O5/c1-17(4-2-3-5-17)7-9(13(15)21)6-16-14-12(20)11(19)10(8-18)22-14/h6,9-12,14,18-20H,2-5,7-8H2,1H3,(H-,15,21)/p+1. The van der Waals surface area contributed by atoms with Crippen LogP contribution >= 0.6 is 0 Å². The van der Waals surface area contributed by atoms with Crippen LogP contribution in [0.5, 0.6) is 0 Å². The number of rotatable bonds is 6. The van der Waals surface area contributed by atoms with Crippen LogP contribution in [-0.4, -0.2) is 89.8 Å².